The Morgan fingerprint density at radius 1 is 0.969 bits per heavy atom. The molecule has 0 aliphatic carbocycles. The molecular formula is C27H29N3O2. The second-order valence-electron chi connectivity index (χ2n) is 8.46. The van der Waals surface area contributed by atoms with Gasteiger partial charge in [0.1, 0.15) is 6.04 Å². The summed E-state index contributed by atoms with van der Waals surface area (Å²) in [7, 11) is 0. The van der Waals surface area contributed by atoms with Crippen LogP contribution < -0.4 is 16.0 Å². The molecule has 3 aromatic carbocycles. The van der Waals surface area contributed by atoms with Crippen molar-refractivity contribution in [1.29, 1.82) is 0 Å². The fraction of sp³-hybridized carbons (Fsp3) is 0.259. The van der Waals surface area contributed by atoms with Crippen molar-refractivity contribution in [2.45, 2.75) is 45.3 Å². The SMILES string of the molecule is Cc1ccc(NC(=O)[C@@H](Cc2ccccc2)NC(=O)[C@H]2Cc3ccccc3CN2)c(C)c1. The van der Waals surface area contributed by atoms with Crippen LogP contribution in [0.15, 0.2) is 72.8 Å². The molecule has 0 bridgehead atoms. The number of anilines is 1. The highest BCUT2D eigenvalue weighted by atomic mass is 16.2. The van der Waals surface area contributed by atoms with Crippen LogP contribution in [-0.2, 0) is 29.0 Å². The number of hydrogen-bond donors (Lipinski definition) is 3. The number of rotatable bonds is 6. The third kappa shape index (κ3) is 5.24. The van der Waals surface area contributed by atoms with Crippen LogP contribution in [0.3, 0.4) is 0 Å². The molecule has 4 rings (SSSR count). The minimum atomic E-state index is -0.676. The zero-order valence-electron chi connectivity index (χ0n) is 18.5. The van der Waals surface area contributed by atoms with Gasteiger partial charge in [-0.05, 0) is 48.6 Å². The molecule has 2 amide bonds. The topological polar surface area (TPSA) is 70.2 Å². The Kier molecular flexibility index (Phi) is 6.66. The monoisotopic (exact) mass is 427 g/mol. The van der Waals surface area contributed by atoms with Crippen LogP contribution >= 0.6 is 0 Å². The van der Waals surface area contributed by atoms with E-state index in [2.05, 4.69) is 28.1 Å². The molecule has 32 heavy (non-hydrogen) atoms. The number of amides is 2. The van der Waals surface area contributed by atoms with Crippen molar-refractivity contribution in [2.24, 2.45) is 0 Å². The van der Waals surface area contributed by atoms with E-state index in [9.17, 15) is 9.59 Å². The van der Waals surface area contributed by atoms with E-state index in [1.165, 1.54) is 11.1 Å². The molecule has 0 unspecified atom stereocenters. The Bertz CT molecular complexity index is 1110. The molecule has 0 saturated heterocycles. The highest BCUT2D eigenvalue weighted by Crippen LogP contribution is 2.18. The van der Waals surface area contributed by atoms with Gasteiger partial charge in [0, 0.05) is 18.7 Å². The van der Waals surface area contributed by atoms with Crippen molar-refractivity contribution >= 4 is 17.5 Å². The average Bonchev–Trinajstić information content (AvgIpc) is 2.80. The molecule has 0 radical (unpaired) electrons. The van der Waals surface area contributed by atoms with Gasteiger partial charge in [-0.25, -0.2) is 0 Å². The first-order valence-corrected chi connectivity index (χ1v) is 11.0. The molecule has 164 valence electrons. The first-order valence-electron chi connectivity index (χ1n) is 11.0. The molecule has 2 atom stereocenters. The predicted octanol–water partition coefficient (Wildman–Crippen LogP) is 3.68. The van der Waals surface area contributed by atoms with Crippen LogP contribution in [0.5, 0.6) is 0 Å². The lowest BCUT2D eigenvalue weighted by atomic mass is 9.95. The van der Waals surface area contributed by atoms with E-state index in [1.807, 2.05) is 74.5 Å². The van der Waals surface area contributed by atoms with Crippen molar-refractivity contribution in [1.82, 2.24) is 10.6 Å². The highest BCUT2D eigenvalue weighted by Gasteiger charge is 2.28. The number of aryl methyl sites for hydroxylation is 2. The predicted molar refractivity (Wildman–Crippen MR) is 127 cm³/mol. The van der Waals surface area contributed by atoms with Crippen LogP contribution in [-0.4, -0.2) is 23.9 Å². The van der Waals surface area contributed by atoms with Crippen LogP contribution in [0.2, 0.25) is 0 Å². The minimum absolute atomic E-state index is 0.156. The van der Waals surface area contributed by atoms with Gasteiger partial charge in [0.15, 0.2) is 0 Å². The maximum absolute atomic E-state index is 13.2. The zero-order chi connectivity index (χ0) is 22.5. The maximum atomic E-state index is 13.2. The van der Waals surface area contributed by atoms with Gasteiger partial charge in [-0.2, -0.15) is 0 Å². The van der Waals surface area contributed by atoms with Crippen LogP contribution in [0.4, 0.5) is 5.69 Å². The molecule has 1 aliphatic rings. The lowest BCUT2D eigenvalue weighted by Gasteiger charge is -2.27. The molecule has 5 nitrogen and oxygen atoms in total. The second-order valence-corrected chi connectivity index (χ2v) is 8.46. The number of carbonyl (C=O) groups is 2. The van der Waals surface area contributed by atoms with Crippen molar-refractivity contribution < 1.29 is 9.59 Å². The lowest BCUT2D eigenvalue weighted by Crippen LogP contribution is -2.53. The first kappa shape index (κ1) is 21.8. The van der Waals surface area contributed by atoms with E-state index in [4.69, 9.17) is 0 Å². The Morgan fingerprint density at radius 2 is 1.69 bits per heavy atom. The van der Waals surface area contributed by atoms with Gasteiger partial charge in [0.05, 0.1) is 6.04 Å². The summed E-state index contributed by atoms with van der Waals surface area (Å²) in [5, 5.41) is 9.32. The fourth-order valence-corrected chi connectivity index (χ4v) is 4.14. The van der Waals surface area contributed by atoms with Gasteiger partial charge in [-0.3, -0.25) is 9.59 Å². The summed E-state index contributed by atoms with van der Waals surface area (Å²) in [5.41, 5.74) is 6.27. The summed E-state index contributed by atoms with van der Waals surface area (Å²) in [4.78, 5) is 26.3. The molecule has 3 N–H and O–H groups in total. The van der Waals surface area contributed by atoms with E-state index in [0.717, 1.165) is 22.4 Å². The Hall–Kier alpha value is -3.44. The molecule has 5 heteroatoms. The molecule has 1 heterocycles. The Labute approximate surface area is 189 Å². The summed E-state index contributed by atoms with van der Waals surface area (Å²) >= 11 is 0. The number of benzene rings is 3. The van der Waals surface area contributed by atoms with Gasteiger partial charge in [-0.15, -0.1) is 0 Å². The van der Waals surface area contributed by atoms with E-state index >= 15 is 0 Å². The normalized spacial score (nSPS) is 16.0. The van der Waals surface area contributed by atoms with Crippen molar-refractivity contribution in [3.05, 3.63) is 101 Å². The first-order chi connectivity index (χ1) is 15.5. The zero-order valence-corrected chi connectivity index (χ0v) is 18.5. The lowest BCUT2D eigenvalue weighted by molar-refractivity contribution is -0.128. The van der Waals surface area contributed by atoms with Crippen LogP contribution in [0, 0.1) is 13.8 Å². The number of nitrogens with one attached hydrogen (secondary N) is 3. The highest BCUT2D eigenvalue weighted by molar-refractivity contribution is 5.98. The van der Waals surface area contributed by atoms with Gasteiger partial charge in [0.2, 0.25) is 11.8 Å². The molecule has 1 aliphatic heterocycles. The van der Waals surface area contributed by atoms with Crippen molar-refractivity contribution in [3.8, 4) is 0 Å². The van der Waals surface area contributed by atoms with Crippen LogP contribution in [0.25, 0.3) is 0 Å². The number of fused-ring (bicyclic) bond motifs is 1. The standard InChI is InChI=1S/C27H29N3O2/c1-18-12-13-23(19(2)14-18)29-27(32)25(15-20-8-4-3-5-9-20)30-26(31)24-16-21-10-6-7-11-22(21)17-28-24/h3-14,24-25,28H,15-17H2,1-2H3,(H,29,32)(H,30,31)/t24-,25-/m1/s1. The Morgan fingerprint density at radius 3 is 2.44 bits per heavy atom. The molecule has 0 aromatic heterocycles. The number of carbonyl (C=O) groups excluding carboxylic acids is 2. The molecule has 0 spiro atoms. The largest absolute Gasteiger partial charge is 0.343 e. The van der Waals surface area contributed by atoms with E-state index < -0.39 is 6.04 Å². The fourth-order valence-electron chi connectivity index (χ4n) is 4.14. The summed E-state index contributed by atoms with van der Waals surface area (Å²) < 4.78 is 0. The quantitative estimate of drug-likeness (QED) is 0.562. The summed E-state index contributed by atoms with van der Waals surface area (Å²) in [5.74, 6) is -0.374. The third-order valence-corrected chi connectivity index (χ3v) is 5.95. The molecular weight excluding hydrogens is 398 g/mol. The van der Waals surface area contributed by atoms with Gasteiger partial charge >= 0.3 is 0 Å². The van der Waals surface area contributed by atoms with Gasteiger partial charge < -0.3 is 16.0 Å². The minimum Gasteiger partial charge on any atom is -0.343 e. The van der Waals surface area contributed by atoms with Gasteiger partial charge in [0.25, 0.3) is 0 Å². The third-order valence-electron chi connectivity index (χ3n) is 5.95. The van der Waals surface area contributed by atoms with E-state index in [1.54, 1.807) is 0 Å². The number of hydrogen-bond acceptors (Lipinski definition) is 3. The molecule has 0 saturated carbocycles. The summed E-state index contributed by atoms with van der Waals surface area (Å²) in [6.07, 6.45) is 1.03. The average molecular weight is 428 g/mol. The maximum Gasteiger partial charge on any atom is 0.247 e. The van der Waals surface area contributed by atoms with E-state index in [0.29, 0.717) is 19.4 Å². The second kappa shape index (κ2) is 9.79. The van der Waals surface area contributed by atoms with Gasteiger partial charge in [-0.1, -0.05) is 72.3 Å². The smallest absolute Gasteiger partial charge is 0.247 e. The summed E-state index contributed by atoms with van der Waals surface area (Å²) in [6, 6.07) is 22.8. The van der Waals surface area contributed by atoms with Crippen molar-refractivity contribution in [3.63, 3.8) is 0 Å². The van der Waals surface area contributed by atoms with Crippen LogP contribution in [0.1, 0.15) is 27.8 Å². The summed E-state index contributed by atoms with van der Waals surface area (Å²) in [6.45, 7) is 4.63. The molecule has 0 fully saturated rings. The molecule has 3 aromatic rings. The van der Waals surface area contributed by atoms with E-state index in [-0.39, 0.29) is 17.9 Å². The Balaban J connectivity index is 1.50. The van der Waals surface area contributed by atoms with Crippen molar-refractivity contribution in [2.75, 3.05) is 5.32 Å².